The molecule has 1 saturated heterocycles. The summed E-state index contributed by atoms with van der Waals surface area (Å²) in [6, 6.07) is 5.86. The van der Waals surface area contributed by atoms with Gasteiger partial charge in [0.1, 0.15) is 5.75 Å². The number of ketones is 1. The van der Waals surface area contributed by atoms with Crippen LogP contribution < -0.4 is 10.1 Å². The highest BCUT2D eigenvalue weighted by molar-refractivity contribution is 6.02. The van der Waals surface area contributed by atoms with Gasteiger partial charge in [-0.1, -0.05) is 19.9 Å². The van der Waals surface area contributed by atoms with E-state index in [1.807, 2.05) is 18.2 Å². The third-order valence-electron chi connectivity index (χ3n) is 3.53. The highest BCUT2D eigenvalue weighted by atomic mass is 16.5. The molecule has 0 radical (unpaired) electrons. The van der Waals surface area contributed by atoms with E-state index in [1.165, 1.54) is 5.56 Å². The van der Waals surface area contributed by atoms with Crippen molar-refractivity contribution < 1.29 is 9.53 Å². The standard InChI is InChI=1S/C15H21NO2/c1-10(2)11-6-7-12(14(9-11)18-3)15(17)13-5-4-8-16-13/h6-7,9-10,13,16H,4-5,8H2,1-3H3. The molecule has 1 unspecified atom stereocenters. The van der Waals surface area contributed by atoms with Gasteiger partial charge in [0.15, 0.2) is 5.78 Å². The lowest BCUT2D eigenvalue weighted by molar-refractivity contribution is 0.0949. The van der Waals surface area contributed by atoms with E-state index in [4.69, 9.17) is 4.74 Å². The van der Waals surface area contributed by atoms with Crippen LogP contribution in [0.4, 0.5) is 0 Å². The lowest BCUT2D eigenvalue weighted by atomic mass is 9.96. The molecule has 1 atom stereocenters. The van der Waals surface area contributed by atoms with Crippen LogP contribution in [-0.2, 0) is 0 Å². The Labute approximate surface area is 109 Å². The van der Waals surface area contributed by atoms with Crippen molar-refractivity contribution in [3.05, 3.63) is 29.3 Å². The van der Waals surface area contributed by atoms with Gasteiger partial charge in [-0.3, -0.25) is 4.79 Å². The van der Waals surface area contributed by atoms with E-state index in [9.17, 15) is 4.79 Å². The number of hydrogen-bond acceptors (Lipinski definition) is 3. The van der Waals surface area contributed by atoms with Crippen molar-refractivity contribution in [1.82, 2.24) is 5.32 Å². The first-order valence-corrected chi connectivity index (χ1v) is 6.59. The number of rotatable bonds is 4. The maximum absolute atomic E-state index is 12.4. The van der Waals surface area contributed by atoms with Crippen molar-refractivity contribution in [3.63, 3.8) is 0 Å². The van der Waals surface area contributed by atoms with Gasteiger partial charge >= 0.3 is 0 Å². The third-order valence-corrected chi connectivity index (χ3v) is 3.53. The van der Waals surface area contributed by atoms with Crippen LogP contribution in [0.15, 0.2) is 18.2 Å². The van der Waals surface area contributed by atoms with Crippen molar-refractivity contribution in [2.24, 2.45) is 0 Å². The molecule has 0 aliphatic carbocycles. The average molecular weight is 247 g/mol. The van der Waals surface area contributed by atoms with Crippen molar-refractivity contribution in [2.75, 3.05) is 13.7 Å². The van der Waals surface area contributed by atoms with Gasteiger partial charge in [0.05, 0.1) is 18.7 Å². The summed E-state index contributed by atoms with van der Waals surface area (Å²) < 4.78 is 5.37. The molecule has 1 aromatic rings. The number of nitrogens with one attached hydrogen (secondary N) is 1. The normalized spacial score (nSPS) is 19.2. The summed E-state index contributed by atoms with van der Waals surface area (Å²) in [5.41, 5.74) is 1.89. The minimum absolute atomic E-state index is 0.0381. The summed E-state index contributed by atoms with van der Waals surface area (Å²) >= 11 is 0. The number of hydrogen-bond donors (Lipinski definition) is 1. The molecule has 1 aromatic carbocycles. The van der Waals surface area contributed by atoms with Crippen molar-refractivity contribution in [1.29, 1.82) is 0 Å². The highest BCUT2D eigenvalue weighted by Gasteiger charge is 2.25. The monoisotopic (exact) mass is 247 g/mol. The van der Waals surface area contributed by atoms with Crippen LogP contribution in [0.25, 0.3) is 0 Å². The number of carbonyl (C=O) groups excluding carboxylic acids is 1. The van der Waals surface area contributed by atoms with Crippen molar-refractivity contribution >= 4 is 5.78 Å². The minimum Gasteiger partial charge on any atom is -0.496 e. The number of ether oxygens (including phenoxy) is 1. The fraction of sp³-hybridized carbons (Fsp3) is 0.533. The number of methoxy groups -OCH3 is 1. The van der Waals surface area contributed by atoms with E-state index >= 15 is 0 Å². The van der Waals surface area contributed by atoms with Crippen LogP contribution in [0, 0.1) is 0 Å². The predicted octanol–water partition coefficient (Wildman–Crippen LogP) is 2.75. The molecule has 1 heterocycles. The van der Waals surface area contributed by atoms with E-state index < -0.39 is 0 Å². The largest absolute Gasteiger partial charge is 0.496 e. The van der Waals surface area contributed by atoms with E-state index in [-0.39, 0.29) is 11.8 Å². The van der Waals surface area contributed by atoms with Crippen molar-refractivity contribution in [2.45, 2.75) is 38.6 Å². The second-order valence-corrected chi connectivity index (χ2v) is 5.13. The Bertz CT molecular complexity index is 434. The lowest BCUT2D eigenvalue weighted by Crippen LogP contribution is -2.31. The Morgan fingerprint density at radius 3 is 2.78 bits per heavy atom. The second kappa shape index (κ2) is 5.53. The Balaban J connectivity index is 2.29. The summed E-state index contributed by atoms with van der Waals surface area (Å²) in [6.45, 7) is 5.20. The molecule has 1 aliphatic heterocycles. The third kappa shape index (κ3) is 2.56. The maximum Gasteiger partial charge on any atom is 0.183 e. The van der Waals surface area contributed by atoms with Gasteiger partial charge in [-0.2, -0.15) is 0 Å². The van der Waals surface area contributed by atoms with E-state index in [1.54, 1.807) is 7.11 Å². The zero-order valence-electron chi connectivity index (χ0n) is 11.3. The van der Waals surface area contributed by atoms with Gasteiger partial charge in [-0.15, -0.1) is 0 Å². The molecule has 1 N–H and O–H groups in total. The highest BCUT2D eigenvalue weighted by Crippen LogP contribution is 2.26. The average Bonchev–Trinajstić information content (AvgIpc) is 2.90. The Hall–Kier alpha value is -1.35. The quantitative estimate of drug-likeness (QED) is 0.831. The van der Waals surface area contributed by atoms with Crippen LogP contribution in [0.2, 0.25) is 0 Å². The maximum atomic E-state index is 12.4. The summed E-state index contributed by atoms with van der Waals surface area (Å²) in [5.74, 6) is 1.28. The fourth-order valence-electron chi connectivity index (χ4n) is 2.37. The topological polar surface area (TPSA) is 38.3 Å². The molecule has 2 rings (SSSR count). The zero-order valence-corrected chi connectivity index (χ0v) is 11.3. The van der Waals surface area contributed by atoms with Gasteiger partial charge < -0.3 is 10.1 Å². The molecule has 0 amide bonds. The Kier molecular flexibility index (Phi) is 4.02. The molecule has 0 aromatic heterocycles. The van der Waals surface area contributed by atoms with Crippen LogP contribution >= 0.6 is 0 Å². The summed E-state index contributed by atoms with van der Waals surface area (Å²) in [7, 11) is 1.62. The van der Waals surface area contributed by atoms with Gasteiger partial charge in [0.25, 0.3) is 0 Å². The van der Waals surface area contributed by atoms with Gasteiger partial charge in [0.2, 0.25) is 0 Å². The molecule has 18 heavy (non-hydrogen) atoms. The van der Waals surface area contributed by atoms with Crippen LogP contribution in [0.1, 0.15) is 48.5 Å². The predicted molar refractivity (Wildman–Crippen MR) is 72.4 cm³/mol. The molecule has 0 bridgehead atoms. The van der Waals surface area contributed by atoms with E-state index in [0.29, 0.717) is 17.2 Å². The molecule has 3 heteroatoms. The zero-order chi connectivity index (χ0) is 13.1. The van der Waals surface area contributed by atoms with Crippen LogP contribution in [0.3, 0.4) is 0 Å². The molecule has 1 fully saturated rings. The molecular formula is C15H21NO2. The summed E-state index contributed by atoms with van der Waals surface area (Å²) in [6.07, 6.45) is 2.00. The van der Waals surface area contributed by atoms with Gasteiger partial charge in [-0.05, 0) is 43.0 Å². The Morgan fingerprint density at radius 1 is 1.44 bits per heavy atom. The first kappa shape index (κ1) is 13.1. The fourth-order valence-corrected chi connectivity index (χ4v) is 2.37. The van der Waals surface area contributed by atoms with Crippen LogP contribution in [0.5, 0.6) is 5.75 Å². The lowest BCUT2D eigenvalue weighted by Gasteiger charge is -2.14. The first-order valence-electron chi connectivity index (χ1n) is 6.59. The molecule has 98 valence electrons. The summed E-state index contributed by atoms with van der Waals surface area (Å²) in [5, 5.41) is 3.24. The SMILES string of the molecule is COc1cc(C(C)C)ccc1C(=O)C1CCCN1. The summed E-state index contributed by atoms with van der Waals surface area (Å²) in [4.78, 5) is 12.4. The van der Waals surface area contributed by atoms with Crippen molar-refractivity contribution in [3.8, 4) is 5.75 Å². The van der Waals surface area contributed by atoms with Gasteiger partial charge in [0, 0.05) is 0 Å². The number of carbonyl (C=O) groups is 1. The molecule has 0 spiro atoms. The minimum atomic E-state index is -0.0381. The molecule has 1 aliphatic rings. The van der Waals surface area contributed by atoms with E-state index in [0.717, 1.165) is 19.4 Å². The number of benzene rings is 1. The molecular weight excluding hydrogens is 226 g/mol. The second-order valence-electron chi connectivity index (χ2n) is 5.13. The first-order chi connectivity index (χ1) is 8.63. The Morgan fingerprint density at radius 2 is 2.22 bits per heavy atom. The number of Topliss-reactive ketones (excluding diaryl/α,β-unsaturated/α-hetero) is 1. The van der Waals surface area contributed by atoms with Gasteiger partial charge in [-0.25, -0.2) is 0 Å². The van der Waals surface area contributed by atoms with Crippen LogP contribution in [-0.4, -0.2) is 25.5 Å². The smallest absolute Gasteiger partial charge is 0.183 e. The molecule has 0 saturated carbocycles. The molecule has 3 nitrogen and oxygen atoms in total. The van der Waals surface area contributed by atoms with E-state index in [2.05, 4.69) is 19.2 Å².